The molecule has 1 aromatic heterocycles. The van der Waals surface area contributed by atoms with Gasteiger partial charge in [-0.1, -0.05) is 17.7 Å². The van der Waals surface area contributed by atoms with Gasteiger partial charge in [0.2, 0.25) is 0 Å². The lowest BCUT2D eigenvalue weighted by molar-refractivity contribution is -0.135. The van der Waals surface area contributed by atoms with Crippen molar-refractivity contribution in [3.8, 4) is 0 Å². The maximum absolute atomic E-state index is 12.4. The van der Waals surface area contributed by atoms with Crippen molar-refractivity contribution in [3.63, 3.8) is 0 Å². The summed E-state index contributed by atoms with van der Waals surface area (Å²) < 4.78 is 0. The first-order valence-corrected chi connectivity index (χ1v) is 6.13. The molecule has 2 aromatic rings. The number of nitrogens with one attached hydrogen (secondary N) is 1. The highest BCUT2D eigenvalue weighted by molar-refractivity contribution is 6.06. The van der Waals surface area contributed by atoms with E-state index in [2.05, 4.69) is 10.2 Å². The highest BCUT2D eigenvalue weighted by Crippen LogP contribution is 2.17. The Morgan fingerprint density at radius 2 is 1.86 bits per heavy atom. The van der Waals surface area contributed by atoms with E-state index in [-0.39, 0.29) is 5.69 Å². The Morgan fingerprint density at radius 3 is 2.38 bits per heavy atom. The molecule has 1 amide bonds. The summed E-state index contributed by atoms with van der Waals surface area (Å²) in [5, 5.41) is 14.7. The molecule has 7 heteroatoms. The number of benzene rings is 1. The van der Waals surface area contributed by atoms with Crippen molar-refractivity contribution in [2.45, 2.75) is 6.92 Å². The molecule has 1 aromatic carbocycles. The number of carboxylic acid groups (broad SMARTS) is 1. The maximum atomic E-state index is 12.4. The van der Waals surface area contributed by atoms with Crippen LogP contribution in [-0.2, 0) is 4.79 Å². The number of nitrogens with zero attached hydrogens (tertiary/aromatic N) is 2. The summed E-state index contributed by atoms with van der Waals surface area (Å²) >= 11 is 0. The molecular formula is C14H13N3O4. The molecule has 108 valence electrons. The van der Waals surface area contributed by atoms with Crippen LogP contribution in [0.2, 0.25) is 0 Å². The van der Waals surface area contributed by atoms with Gasteiger partial charge in [0.25, 0.3) is 11.5 Å². The van der Waals surface area contributed by atoms with Crippen LogP contribution in [0.15, 0.2) is 41.2 Å². The number of amides is 1. The monoisotopic (exact) mass is 287 g/mol. The minimum absolute atomic E-state index is 0.0311. The van der Waals surface area contributed by atoms with Crippen LogP contribution in [-0.4, -0.2) is 33.7 Å². The number of carbonyl (C=O) groups excluding carboxylic acids is 1. The second-order valence-corrected chi connectivity index (χ2v) is 4.43. The minimum Gasteiger partial charge on any atom is -0.480 e. The number of H-pyrrole nitrogens is 1. The number of aliphatic carboxylic acids is 1. The fourth-order valence-electron chi connectivity index (χ4n) is 1.74. The molecule has 1 heterocycles. The molecule has 0 atom stereocenters. The Morgan fingerprint density at radius 1 is 1.19 bits per heavy atom. The van der Waals surface area contributed by atoms with Crippen molar-refractivity contribution in [2.24, 2.45) is 0 Å². The van der Waals surface area contributed by atoms with Crippen LogP contribution in [0.25, 0.3) is 0 Å². The van der Waals surface area contributed by atoms with E-state index in [1.165, 1.54) is 6.07 Å². The number of hydrogen-bond acceptors (Lipinski definition) is 4. The van der Waals surface area contributed by atoms with Gasteiger partial charge in [-0.3, -0.25) is 19.3 Å². The van der Waals surface area contributed by atoms with E-state index in [1.54, 1.807) is 24.3 Å². The van der Waals surface area contributed by atoms with Crippen LogP contribution < -0.4 is 10.5 Å². The van der Waals surface area contributed by atoms with Crippen LogP contribution >= 0.6 is 0 Å². The van der Waals surface area contributed by atoms with Crippen LogP contribution in [0.5, 0.6) is 0 Å². The Balaban J connectivity index is 2.37. The average Bonchev–Trinajstić information content (AvgIpc) is 2.46. The number of carbonyl (C=O) groups is 2. The van der Waals surface area contributed by atoms with E-state index >= 15 is 0 Å². The Bertz CT molecular complexity index is 701. The Labute approximate surface area is 119 Å². The van der Waals surface area contributed by atoms with E-state index in [1.807, 2.05) is 6.92 Å². The summed E-state index contributed by atoms with van der Waals surface area (Å²) in [5.74, 6) is -1.74. The van der Waals surface area contributed by atoms with E-state index in [9.17, 15) is 14.4 Å². The summed E-state index contributed by atoms with van der Waals surface area (Å²) in [6.07, 6.45) is 0. The van der Waals surface area contributed by atoms with Crippen molar-refractivity contribution in [1.82, 2.24) is 10.2 Å². The van der Waals surface area contributed by atoms with Gasteiger partial charge in [0.05, 0.1) is 0 Å². The largest absolute Gasteiger partial charge is 0.480 e. The zero-order valence-electron chi connectivity index (χ0n) is 11.2. The first kappa shape index (κ1) is 14.4. The fourth-order valence-corrected chi connectivity index (χ4v) is 1.74. The molecule has 2 N–H and O–H groups in total. The van der Waals surface area contributed by atoms with Crippen LogP contribution in [0, 0.1) is 6.92 Å². The first-order valence-electron chi connectivity index (χ1n) is 6.13. The Kier molecular flexibility index (Phi) is 4.13. The number of aromatic amines is 1. The molecule has 0 saturated heterocycles. The van der Waals surface area contributed by atoms with Gasteiger partial charge < -0.3 is 5.11 Å². The molecule has 0 aliphatic heterocycles. The molecule has 2 rings (SSSR count). The summed E-state index contributed by atoms with van der Waals surface area (Å²) in [6.45, 7) is 1.39. The van der Waals surface area contributed by atoms with E-state index in [0.717, 1.165) is 16.5 Å². The lowest BCUT2D eigenvalue weighted by Crippen LogP contribution is -2.36. The third kappa shape index (κ3) is 3.53. The molecular weight excluding hydrogens is 274 g/mol. The van der Waals surface area contributed by atoms with Gasteiger partial charge in [0, 0.05) is 11.8 Å². The first-order chi connectivity index (χ1) is 9.97. The lowest BCUT2D eigenvalue weighted by atomic mass is 10.2. The van der Waals surface area contributed by atoms with Gasteiger partial charge in [-0.2, -0.15) is 5.10 Å². The zero-order valence-corrected chi connectivity index (χ0v) is 11.2. The molecule has 0 spiro atoms. The van der Waals surface area contributed by atoms with Crippen LogP contribution in [0.4, 0.5) is 5.69 Å². The smallest absolute Gasteiger partial charge is 0.323 e. The number of aryl methyl sites for hydroxylation is 1. The molecule has 21 heavy (non-hydrogen) atoms. The number of carboxylic acids is 1. The van der Waals surface area contributed by atoms with Crippen LogP contribution in [0.1, 0.15) is 16.1 Å². The SMILES string of the molecule is Cc1ccc(N(CC(=O)O)C(=O)c2ccc(=O)[nH]n2)cc1. The number of aromatic nitrogens is 2. The average molecular weight is 287 g/mol. The fraction of sp³-hybridized carbons (Fsp3) is 0.143. The number of rotatable bonds is 4. The lowest BCUT2D eigenvalue weighted by Gasteiger charge is -2.20. The molecule has 0 saturated carbocycles. The quantitative estimate of drug-likeness (QED) is 0.866. The second-order valence-electron chi connectivity index (χ2n) is 4.43. The normalized spacial score (nSPS) is 10.1. The van der Waals surface area contributed by atoms with Crippen molar-refractivity contribution < 1.29 is 14.7 Å². The maximum Gasteiger partial charge on any atom is 0.323 e. The van der Waals surface area contributed by atoms with E-state index < -0.39 is 24.0 Å². The van der Waals surface area contributed by atoms with Gasteiger partial charge in [-0.15, -0.1) is 0 Å². The standard InChI is InChI=1S/C14H13N3O4/c1-9-2-4-10(5-3-9)17(8-13(19)20)14(21)11-6-7-12(18)16-15-11/h2-7H,8H2,1H3,(H,16,18)(H,19,20). The summed E-state index contributed by atoms with van der Waals surface area (Å²) in [6, 6.07) is 9.28. The second kappa shape index (κ2) is 6.00. The van der Waals surface area contributed by atoms with Crippen molar-refractivity contribution in [1.29, 1.82) is 0 Å². The topological polar surface area (TPSA) is 103 Å². The highest BCUT2D eigenvalue weighted by Gasteiger charge is 2.21. The summed E-state index contributed by atoms with van der Waals surface area (Å²) in [7, 11) is 0. The predicted molar refractivity (Wildman–Crippen MR) is 75.3 cm³/mol. The van der Waals surface area contributed by atoms with E-state index in [4.69, 9.17) is 5.11 Å². The van der Waals surface area contributed by atoms with Crippen LogP contribution in [0.3, 0.4) is 0 Å². The molecule has 0 radical (unpaired) electrons. The third-order valence-corrected chi connectivity index (χ3v) is 2.78. The van der Waals surface area contributed by atoms with Gasteiger partial charge in [0.1, 0.15) is 12.2 Å². The molecule has 0 aliphatic carbocycles. The van der Waals surface area contributed by atoms with Crippen molar-refractivity contribution >= 4 is 17.6 Å². The predicted octanol–water partition coefficient (Wildman–Crippen LogP) is 0.810. The molecule has 0 fully saturated rings. The Hall–Kier alpha value is -2.96. The minimum atomic E-state index is -1.15. The summed E-state index contributed by atoms with van der Waals surface area (Å²) in [5.41, 5.74) is 0.965. The molecule has 0 aliphatic rings. The zero-order chi connectivity index (χ0) is 15.4. The highest BCUT2D eigenvalue weighted by atomic mass is 16.4. The van der Waals surface area contributed by atoms with E-state index in [0.29, 0.717) is 5.69 Å². The van der Waals surface area contributed by atoms with Gasteiger partial charge in [-0.25, -0.2) is 5.10 Å². The van der Waals surface area contributed by atoms with Gasteiger partial charge in [-0.05, 0) is 25.1 Å². The molecule has 0 bridgehead atoms. The molecule has 0 unspecified atom stereocenters. The number of hydrogen-bond donors (Lipinski definition) is 2. The van der Waals surface area contributed by atoms with Crippen molar-refractivity contribution in [2.75, 3.05) is 11.4 Å². The third-order valence-electron chi connectivity index (χ3n) is 2.78. The molecule has 7 nitrogen and oxygen atoms in total. The number of anilines is 1. The van der Waals surface area contributed by atoms with Crippen molar-refractivity contribution in [3.05, 3.63) is 58.0 Å². The van der Waals surface area contributed by atoms with Gasteiger partial charge >= 0.3 is 5.97 Å². The summed E-state index contributed by atoms with van der Waals surface area (Å²) in [4.78, 5) is 35.4. The van der Waals surface area contributed by atoms with Gasteiger partial charge in [0.15, 0.2) is 0 Å².